The van der Waals surface area contributed by atoms with E-state index in [0.717, 1.165) is 22.3 Å². The number of hydrogen-bond acceptors (Lipinski definition) is 4. The fourth-order valence-corrected chi connectivity index (χ4v) is 4.35. The van der Waals surface area contributed by atoms with E-state index >= 15 is 0 Å². The van der Waals surface area contributed by atoms with Crippen LogP contribution in [0.2, 0.25) is 0 Å². The van der Waals surface area contributed by atoms with Crippen LogP contribution in [0, 0.1) is 11.3 Å². The van der Waals surface area contributed by atoms with Crippen LogP contribution in [0.1, 0.15) is 57.6 Å². The molecule has 1 aliphatic rings. The van der Waals surface area contributed by atoms with E-state index in [1.165, 1.54) is 0 Å². The molecule has 7 heteroatoms. The van der Waals surface area contributed by atoms with Gasteiger partial charge in [0, 0.05) is 25.9 Å². The maximum absolute atomic E-state index is 13.1. The van der Waals surface area contributed by atoms with E-state index in [4.69, 9.17) is 9.84 Å². The maximum Gasteiger partial charge on any atom is 0.407 e. The molecule has 0 spiro atoms. The van der Waals surface area contributed by atoms with Crippen LogP contribution in [-0.4, -0.2) is 54.2 Å². The zero-order chi connectivity index (χ0) is 25.8. The topological polar surface area (TPSA) is 95.9 Å². The Morgan fingerprint density at radius 1 is 1.03 bits per heavy atom. The van der Waals surface area contributed by atoms with Crippen molar-refractivity contribution in [3.63, 3.8) is 0 Å². The molecule has 35 heavy (non-hydrogen) atoms. The van der Waals surface area contributed by atoms with E-state index in [1.807, 2.05) is 36.4 Å². The summed E-state index contributed by atoms with van der Waals surface area (Å²) in [5.74, 6) is -1.23. The number of hydrogen-bond donors (Lipinski definition) is 2. The molecule has 0 bridgehead atoms. The van der Waals surface area contributed by atoms with Gasteiger partial charge in [-0.2, -0.15) is 0 Å². The van der Waals surface area contributed by atoms with E-state index in [-0.39, 0.29) is 42.6 Å². The Morgan fingerprint density at radius 2 is 1.57 bits per heavy atom. The van der Waals surface area contributed by atoms with Crippen molar-refractivity contribution in [1.29, 1.82) is 0 Å². The van der Waals surface area contributed by atoms with E-state index in [1.54, 1.807) is 11.9 Å². The standard InChI is InChI=1S/C28H36N2O5/c1-18(28(2,3)4)16-30(5)26(33)24(14-15-25(31)32)29-27(34)35-17-23-21-12-8-6-10-19(21)20-11-7-9-13-22(20)23/h6-13,18,23-24H,14-17H2,1-5H3,(H,29,34)(H,31,32). The highest BCUT2D eigenvalue weighted by Crippen LogP contribution is 2.44. The highest BCUT2D eigenvalue weighted by atomic mass is 16.5. The van der Waals surface area contributed by atoms with Crippen molar-refractivity contribution in [3.8, 4) is 11.1 Å². The number of ether oxygens (including phenoxy) is 1. The minimum atomic E-state index is -1.03. The Bertz CT molecular complexity index is 1030. The van der Waals surface area contributed by atoms with E-state index in [2.05, 4.69) is 45.1 Å². The summed E-state index contributed by atoms with van der Waals surface area (Å²) in [5, 5.41) is 11.8. The second kappa shape index (κ2) is 10.9. The van der Waals surface area contributed by atoms with Gasteiger partial charge in [0.15, 0.2) is 0 Å². The molecule has 1 aliphatic carbocycles. The molecule has 0 saturated heterocycles. The highest BCUT2D eigenvalue weighted by molar-refractivity contribution is 5.86. The van der Waals surface area contributed by atoms with Gasteiger partial charge in [0.1, 0.15) is 12.6 Å². The second-order valence-corrected chi connectivity index (χ2v) is 10.4. The summed E-state index contributed by atoms with van der Waals surface area (Å²) in [6.45, 7) is 9.00. The van der Waals surface area contributed by atoms with Crippen LogP contribution in [0.3, 0.4) is 0 Å². The molecule has 2 amide bonds. The fraction of sp³-hybridized carbons (Fsp3) is 0.464. The molecule has 0 aromatic heterocycles. The van der Waals surface area contributed by atoms with E-state index < -0.39 is 18.1 Å². The number of fused-ring (bicyclic) bond motifs is 3. The van der Waals surface area contributed by atoms with Crippen LogP contribution in [0.4, 0.5) is 4.79 Å². The summed E-state index contributed by atoms with van der Waals surface area (Å²) in [4.78, 5) is 38.6. The third-order valence-electron chi connectivity index (χ3n) is 6.98. The Labute approximate surface area is 207 Å². The van der Waals surface area contributed by atoms with Gasteiger partial charge in [-0.25, -0.2) is 4.79 Å². The van der Waals surface area contributed by atoms with Gasteiger partial charge in [-0.15, -0.1) is 0 Å². The average Bonchev–Trinajstić information content (AvgIpc) is 3.13. The van der Waals surface area contributed by atoms with Gasteiger partial charge in [0.25, 0.3) is 0 Å². The van der Waals surface area contributed by atoms with Crippen molar-refractivity contribution in [2.24, 2.45) is 11.3 Å². The summed E-state index contributed by atoms with van der Waals surface area (Å²) >= 11 is 0. The van der Waals surface area contributed by atoms with E-state index in [0.29, 0.717) is 6.54 Å². The summed E-state index contributed by atoms with van der Waals surface area (Å²) in [7, 11) is 1.68. The first-order chi connectivity index (χ1) is 16.5. The van der Waals surface area contributed by atoms with E-state index in [9.17, 15) is 14.4 Å². The van der Waals surface area contributed by atoms with Gasteiger partial charge < -0.3 is 20.1 Å². The molecule has 0 radical (unpaired) electrons. The van der Waals surface area contributed by atoms with Crippen molar-refractivity contribution in [2.75, 3.05) is 20.2 Å². The van der Waals surface area contributed by atoms with Crippen molar-refractivity contribution in [2.45, 2.75) is 52.5 Å². The lowest BCUT2D eigenvalue weighted by Crippen LogP contribution is -2.49. The first-order valence-electron chi connectivity index (χ1n) is 12.1. The lowest BCUT2D eigenvalue weighted by molar-refractivity contribution is -0.138. The fourth-order valence-electron chi connectivity index (χ4n) is 4.35. The monoisotopic (exact) mass is 480 g/mol. The Balaban J connectivity index is 1.67. The minimum Gasteiger partial charge on any atom is -0.481 e. The normalized spacial score (nSPS) is 14.4. The van der Waals surface area contributed by atoms with Crippen LogP contribution in [0.25, 0.3) is 11.1 Å². The van der Waals surface area contributed by atoms with Crippen LogP contribution in [0.15, 0.2) is 48.5 Å². The maximum atomic E-state index is 13.1. The van der Waals surface area contributed by atoms with Crippen molar-refractivity contribution >= 4 is 18.0 Å². The Hall–Kier alpha value is -3.35. The zero-order valence-corrected chi connectivity index (χ0v) is 21.2. The van der Waals surface area contributed by atoms with Crippen LogP contribution in [-0.2, 0) is 14.3 Å². The van der Waals surface area contributed by atoms with Gasteiger partial charge in [-0.3, -0.25) is 9.59 Å². The SMILES string of the molecule is CC(CN(C)C(=O)C(CCC(=O)O)NC(=O)OCC1c2ccccc2-c2ccccc21)C(C)(C)C. The first kappa shape index (κ1) is 26.3. The molecular weight excluding hydrogens is 444 g/mol. The predicted octanol–water partition coefficient (Wildman–Crippen LogP) is 4.90. The molecule has 2 N–H and O–H groups in total. The number of carbonyl (C=O) groups is 3. The second-order valence-electron chi connectivity index (χ2n) is 10.4. The predicted molar refractivity (Wildman–Crippen MR) is 135 cm³/mol. The number of carbonyl (C=O) groups excluding carboxylic acids is 2. The molecule has 3 rings (SSSR count). The number of nitrogens with one attached hydrogen (secondary N) is 1. The number of likely N-dealkylation sites (N-methyl/N-ethyl adjacent to an activating group) is 1. The molecule has 2 aromatic rings. The molecule has 2 aromatic carbocycles. The number of nitrogens with zero attached hydrogens (tertiary/aromatic N) is 1. The molecule has 0 aliphatic heterocycles. The summed E-state index contributed by atoms with van der Waals surface area (Å²) in [6.07, 6.45) is -0.970. The molecule has 0 saturated carbocycles. The molecule has 2 atom stereocenters. The molecular formula is C28H36N2O5. The molecule has 0 heterocycles. The van der Waals surface area contributed by atoms with Crippen LogP contribution < -0.4 is 5.32 Å². The third kappa shape index (κ3) is 6.41. The molecule has 188 valence electrons. The number of carboxylic acid groups (broad SMARTS) is 1. The quantitative estimate of drug-likeness (QED) is 0.532. The van der Waals surface area contributed by atoms with Crippen LogP contribution >= 0.6 is 0 Å². The molecule has 7 nitrogen and oxygen atoms in total. The highest BCUT2D eigenvalue weighted by Gasteiger charge is 2.31. The third-order valence-corrected chi connectivity index (χ3v) is 6.98. The smallest absolute Gasteiger partial charge is 0.407 e. The number of amides is 2. The first-order valence-corrected chi connectivity index (χ1v) is 12.1. The average molecular weight is 481 g/mol. The number of carboxylic acids is 1. The lowest BCUT2D eigenvalue weighted by Gasteiger charge is -2.32. The lowest BCUT2D eigenvalue weighted by atomic mass is 9.82. The van der Waals surface area contributed by atoms with Gasteiger partial charge in [0.2, 0.25) is 5.91 Å². The summed E-state index contributed by atoms with van der Waals surface area (Å²) < 4.78 is 5.57. The van der Waals surface area contributed by atoms with Gasteiger partial charge in [-0.05, 0) is 40.0 Å². The van der Waals surface area contributed by atoms with Crippen molar-refractivity contribution < 1.29 is 24.2 Å². The summed E-state index contributed by atoms with van der Waals surface area (Å²) in [6, 6.07) is 15.1. The van der Waals surface area contributed by atoms with Gasteiger partial charge in [-0.1, -0.05) is 76.2 Å². The molecule has 2 unspecified atom stereocenters. The molecule has 0 fully saturated rings. The number of rotatable bonds is 9. The van der Waals surface area contributed by atoms with Gasteiger partial charge >= 0.3 is 12.1 Å². The number of alkyl carbamates (subject to hydrolysis) is 1. The number of aliphatic carboxylic acids is 1. The Morgan fingerprint density at radius 3 is 2.09 bits per heavy atom. The zero-order valence-electron chi connectivity index (χ0n) is 21.2. The summed E-state index contributed by atoms with van der Waals surface area (Å²) in [5.41, 5.74) is 4.44. The minimum absolute atomic E-state index is 0.00528. The Kier molecular flexibility index (Phi) is 8.20. The van der Waals surface area contributed by atoms with Crippen LogP contribution in [0.5, 0.6) is 0 Å². The van der Waals surface area contributed by atoms with Gasteiger partial charge in [0.05, 0.1) is 0 Å². The van der Waals surface area contributed by atoms with Crippen molar-refractivity contribution in [3.05, 3.63) is 59.7 Å². The van der Waals surface area contributed by atoms with Crippen molar-refractivity contribution in [1.82, 2.24) is 10.2 Å². The largest absolute Gasteiger partial charge is 0.481 e. The number of benzene rings is 2.